The lowest BCUT2D eigenvalue weighted by Crippen LogP contribution is -2.45. The summed E-state index contributed by atoms with van der Waals surface area (Å²) in [5, 5.41) is 3.54. The molecular weight excluding hydrogens is 290 g/mol. The van der Waals surface area contributed by atoms with Crippen molar-refractivity contribution in [2.45, 2.75) is 65.0 Å². The van der Waals surface area contributed by atoms with Crippen molar-refractivity contribution in [1.82, 2.24) is 15.1 Å². The molecule has 2 rings (SSSR count). The Kier molecular flexibility index (Phi) is 6.72. The van der Waals surface area contributed by atoms with Gasteiger partial charge in [-0.3, -0.25) is 0 Å². The van der Waals surface area contributed by atoms with Crippen LogP contribution in [0.4, 0.5) is 4.79 Å². The molecule has 0 aromatic carbocycles. The number of carbonyl (C=O) groups is 1. The van der Waals surface area contributed by atoms with E-state index in [1.807, 2.05) is 25.7 Å². The van der Waals surface area contributed by atoms with Crippen molar-refractivity contribution < 1.29 is 9.53 Å². The predicted molar refractivity (Wildman–Crippen MR) is 93.7 cm³/mol. The molecule has 2 aliphatic heterocycles. The predicted octanol–water partition coefficient (Wildman–Crippen LogP) is 2.71. The van der Waals surface area contributed by atoms with E-state index in [9.17, 15) is 4.79 Å². The second-order valence-corrected chi connectivity index (χ2v) is 8.20. The van der Waals surface area contributed by atoms with Crippen molar-refractivity contribution in [2.24, 2.45) is 5.92 Å². The minimum absolute atomic E-state index is 0.160. The van der Waals surface area contributed by atoms with Gasteiger partial charge in [0.1, 0.15) is 5.60 Å². The molecule has 23 heavy (non-hydrogen) atoms. The fraction of sp³-hybridized carbons (Fsp3) is 0.944. The number of piperidine rings is 1. The molecule has 0 saturated carbocycles. The Balaban J connectivity index is 1.65. The molecule has 0 bridgehead atoms. The number of nitrogens with one attached hydrogen (secondary N) is 1. The molecule has 5 nitrogen and oxygen atoms in total. The van der Waals surface area contributed by atoms with E-state index in [2.05, 4.69) is 17.1 Å². The zero-order valence-corrected chi connectivity index (χ0v) is 15.4. The molecule has 1 unspecified atom stereocenters. The molecular formula is C18H35N3O2. The van der Waals surface area contributed by atoms with E-state index in [1.165, 1.54) is 25.9 Å². The smallest absolute Gasteiger partial charge is 0.410 e. The highest BCUT2D eigenvalue weighted by Crippen LogP contribution is 2.20. The van der Waals surface area contributed by atoms with Gasteiger partial charge >= 0.3 is 6.09 Å². The maximum Gasteiger partial charge on any atom is 0.410 e. The van der Waals surface area contributed by atoms with E-state index in [1.54, 1.807) is 0 Å². The van der Waals surface area contributed by atoms with E-state index in [4.69, 9.17) is 4.74 Å². The summed E-state index contributed by atoms with van der Waals surface area (Å²) in [6.45, 7) is 14.4. The fourth-order valence-corrected chi connectivity index (χ4v) is 3.40. The third-order valence-corrected chi connectivity index (χ3v) is 4.87. The normalized spacial score (nSPS) is 24.2. The molecule has 2 aliphatic rings. The first kappa shape index (κ1) is 18.5. The average molecular weight is 325 g/mol. The molecule has 1 atom stereocenters. The zero-order valence-electron chi connectivity index (χ0n) is 15.4. The van der Waals surface area contributed by atoms with Gasteiger partial charge in [0.15, 0.2) is 0 Å². The van der Waals surface area contributed by atoms with Gasteiger partial charge in [-0.2, -0.15) is 0 Å². The molecule has 0 spiro atoms. The third kappa shape index (κ3) is 6.30. The summed E-state index contributed by atoms with van der Waals surface area (Å²) in [5.41, 5.74) is -0.414. The van der Waals surface area contributed by atoms with Crippen LogP contribution < -0.4 is 5.32 Å². The standard InChI is InChI=1S/C18H35N3O2/c1-15-7-11-20(12-8-15)13-9-19-14-16-6-5-10-21(16)17(22)23-18(2,3)4/h15-16,19H,5-14H2,1-4H3. The number of hydrogen-bond donors (Lipinski definition) is 1. The van der Waals surface area contributed by atoms with E-state index >= 15 is 0 Å². The third-order valence-electron chi connectivity index (χ3n) is 4.87. The maximum absolute atomic E-state index is 12.2. The van der Waals surface area contributed by atoms with Crippen LogP contribution in [0.3, 0.4) is 0 Å². The molecule has 2 fully saturated rings. The van der Waals surface area contributed by atoms with Crippen molar-refractivity contribution in [2.75, 3.05) is 39.3 Å². The molecule has 0 radical (unpaired) electrons. The van der Waals surface area contributed by atoms with E-state index < -0.39 is 5.60 Å². The van der Waals surface area contributed by atoms with Crippen LogP contribution in [0.2, 0.25) is 0 Å². The lowest BCUT2D eigenvalue weighted by molar-refractivity contribution is 0.0226. The minimum Gasteiger partial charge on any atom is -0.444 e. The van der Waals surface area contributed by atoms with Crippen molar-refractivity contribution in [1.29, 1.82) is 0 Å². The van der Waals surface area contributed by atoms with Gasteiger partial charge in [0.05, 0.1) is 0 Å². The van der Waals surface area contributed by atoms with Crippen molar-refractivity contribution in [3.8, 4) is 0 Å². The number of nitrogens with zero attached hydrogens (tertiary/aromatic N) is 2. The Morgan fingerprint density at radius 1 is 1.17 bits per heavy atom. The second kappa shape index (κ2) is 8.34. The quantitative estimate of drug-likeness (QED) is 0.790. The Morgan fingerprint density at radius 2 is 1.87 bits per heavy atom. The number of amides is 1. The molecule has 2 heterocycles. The highest BCUT2D eigenvalue weighted by molar-refractivity contribution is 5.69. The average Bonchev–Trinajstić information content (AvgIpc) is 2.92. The molecule has 0 aromatic rings. The Labute approximate surface area is 141 Å². The summed E-state index contributed by atoms with van der Waals surface area (Å²) in [7, 11) is 0. The van der Waals surface area contributed by atoms with Crippen LogP contribution in [-0.2, 0) is 4.74 Å². The summed E-state index contributed by atoms with van der Waals surface area (Å²) in [5.74, 6) is 0.889. The summed E-state index contributed by atoms with van der Waals surface area (Å²) >= 11 is 0. The van der Waals surface area contributed by atoms with Crippen LogP contribution in [0.1, 0.15) is 53.4 Å². The molecule has 2 saturated heterocycles. The first-order chi connectivity index (χ1) is 10.8. The van der Waals surface area contributed by atoms with Crippen LogP contribution in [-0.4, -0.2) is 66.8 Å². The van der Waals surface area contributed by atoms with Gasteiger partial charge in [-0.25, -0.2) is 4.79 Å². The second-order valence-electron chi connectivity index (χ2n) is 8.20. The van der Waals surface area contributed by atoms with Crippen LogP contribution in [0.25, 0.3) is 0 Å². The largest absolute Gasteiger partial charge is 0.444 e. The number of likely N-dealkylation sites (tertiary alicyclic amines) is 2. The van der Waals surface area contributed by atoms with Gasteiger partial charge in [-0.1, -0.05) is 6.92 Å². The minimum atomic E-state index is -0.414. The molecule has 5 heteroatoms. The van der Waals surface area contributed by atoms with Crippen molar-refractivity contribution in [3.63, 3.8) is 0 Å². The van der Waals surface area contributed by atoms with Crippen molar-refractivity contribution in [3.05, 3.63) is 0 Å². The van der Waals surface area contributed by atoms with Gasteiger partial charge in [0.2, 0.25) is 0 Å². The van der Waals surface area contributed by atoms with E-state index in [0.29, 0.717) is 0 Å². The van der Waals surface area contributed by atoms with Gasteiger partial charge in [-0.05, 0) is 65.5 Å². The first-order valence-electron chi connectivity index (χ1n) is 9.28. The van der Waals surface area contributed by atoms with Crippen LogP contribution in [0, 0.1) is 5.92 Å². The monoisotopic (exact) mass is 325 g/mol. The van der Waals surface area contributed by atoms with E-state index in [0.717, 1.165) is 44.9 Å². The van der Waals surface area contributed by atoms with Crippen LogP contribution in [0.15, 0.2) is 0 Å². The number of ether oxygens (including phenoxy) is 1. The van der Waals surface area contributed by atoms with Crippen LogP contribution in [0.5, 0.6) is 0 Å². The van der Waals surface area contributed by atoms with Gasteiger partial charge in [-0.15, -0.1) is 0 Å². The first-order valence-corrected chi connectivity index (χ1v) is 9.28. The molecule has 134 valence electrons. The lowest BCUT2D eigenvalue weighted by Gasteiger charge is -2.31. The molecule has 0 aromatic heterocycles. The number of carbonyl (C=O) groups excluding carboxylic acids is 1. The topological polar surface area (TPSA) is 44.8 Å². The lowest BCUT2D eigenvalue weighted by atomic mass is 9.99. The fourth-order valence-electron chi connectivity index (χ4n) is 3.40. The molecule has 1 N–H and O–H groups in total. The van der Waals surface area contributed by atoms with E-state index in [-0.39, 0.29) is 12.1 Å². The molecule has 0 aliphatic carbocycles. The van der Waals surface area contributed by atoms with Gasteiger partial charge in [0, 0.05) is 32.2 Å². The molecule has 1 amide bonds. The summed E-state index contributed by atoms with van der Waals surface area (Å²) < 4.78 is 5.51. The Hall–Kier alpha value is -0.810. The summed E-state index contributed by atoms with van der Waals surface area (Å²) in [6, 6.07) is 0.284. The van der Waals surface area contributed by atoms with Crippen LogP contribution >= 0.6 is 0 Å². The maximum atomic E-state index is 12.2. The SMILES string of the molecule is CC1CCN(CCNCC2CCCN2C(=O)OC(C)(C)C)CC1. The van der Waals surface area contributed by atoms with Gasteiger partial charge in [0.25, 0.3) is 0 Å². The number of hydrogen-bond acceptors (Lipinski definition) is 4. The Bertz CT molecular complexity index is 373. The Morgan fingerprint density at radius 3 is 2.52 bits per heavy atom. The van der Waals surface area contributed by atoms with Gasteiger partial charge < -0.3 is 19.9 Å². The summed E-state index contributed by atoms with van der Waals surface area (Å²) in [4.78, 5) is 16.7. The zero-order chi connectivity index (χ0) is 16.9. The van der Waals surface area contributed by atoms with Crippen molar-refractivity contribution >= 4 is 6.09 Å². The number of rotatable bonds is 5. The highest BCUT2D eigenvalue weighted by atomic mass is 16.6. The highest BCUT2D eigenvalue weighted by Gasteiger charge is 2.31. The summed E-state index contributed by atoms with van der Waals surface area (Å²) in [6.07, 6.45) is 4.65.